The first-order valence-electron chi connectivity index (χ1n) is 11.3. The van der Waals surface area contributed by atoms with Gasteiger partial charge in [0, 0.05) is 29.6 Å². The third-order valence-electron chi connectivity index (χ3n) is 5.99. The van der Waals surface area contributed by atoms with E-state index in [9.17, 15) is 9.59 Å². The maximum atomic E-state index is 13.0. The van der Waals surface area contributed by atoms with Crippen LogP contribution in [-0.4, -0.2) is 35.3 Å². The minimum absolute atomic E-state index is 0.0104. The van der Waals surface area contributed by atoms with Gasteiger partial charge in [0.2, 0.25) is 11.8 Å². The summed E-state index contributed by atoms with van der Waals surface area (Å²) in [4.78, 5) is 28.3. The number of rotatable bonds is 5. The molecule has 2 N–H and O–H groups in total. The van der Waals surface area contributed by atoms with Crippen molar-refractivity contribution in [2.45, 2.75) is 77.8 Å². The van der Waals surface area contributed by atoms with E-state index in [2.05, 4.69) is 27.7 Å². The number of carbonyl (C=O) groups is 2. The van der Waals surface area contributed by atoms with Crippen molar-refractivity contribution in [1.82, 2.24) is 10.2 Å². The minimum Gasteiger partial charge on any atom is -0.351 e. The summed E-state index contributed by atoms with van der Waals surface area (Å²) in [5.41, 5.74) is 1.79. The van der Waals surface area contributed by atoms with Crippen molar-refractivity contribution >= 4 is 17.5 Å². The Labute approximate surface area is 175 Å². The van der Waals surface area contributed by atoms with E-state index in [-0.39, 0.29) is 29.2 Å². The summed E-state index contributed by atoms with van der Waals surface area (Å²) < 4.78 is 0. The van der Waals surface area contributed by atoms with Gasteiger partial charge in [0.15, 0.2) is 0 Å². The molecule has 5 nitrogen and oxygen atoms in total. The van der Waals surface area contributed by atoms with Gasteiger partial charge in [-0.05, 0) is 77.2 Å². The summed E-state index contributed by atoms with van der Waals surface area (Å²) >= 11 is 0. The molecule has 2 amide bonds. The van der Waals surface area contributed by atoms with Crippen LogP contribution in [0.3, 0.4) is 0 Å². The molecule has 160 valence electrons. The minimum atomic E-state index is -0.279. The first kappa shape index (κ1) is 21.8. The zero-order valence-corrected chi connectivity index (χ0v) is 18.3. The van der Waals surface area contributed by atoms with Crippen molar-refractivity contribution in [3.8, 4) is 0 Å². The molecule has 1 saturated heterocycles. The maximum Gasteiger partial charge on any atom is 0.228 e. The van der Waals surface area contributed by atoms with Crippen molar-refractivity contribution in [3.63, 3.8) is 0 Å². The smallest absolute Gasteiger partial charge is 0.228 e. The lowest BCUT2D eigenvalue weighted by molar-refractivity contribution is -0.135. The molecule has 1 aliphatic carbocycles. The highest BCUT2D eigenvalue weighted by Crippen LogP contribution is 2.32. The molecule has 3 rings (SSSR count). The largest absolute Gasteiger partial charge is 0.351 e. The monoisotopic (exact) mass is 399 g/mol. The molecule has 2 aliphatic rings. The molecule has 0 spiro atoms. The fourth-order valence-corrected chi connectivity index (χ4v) is 4.58. The Balaban J connectivity index is 1.63. The van der Waals surface area contributed by atoms with Gasteiger partial charge in [0.25, 0.3) is 0 Å². The standard InChI is InChI=1S/C24H37N3O2/c1-24(2,3)26-23(29)21-13-6-5-12-20(21)22(28)25-19-11-9-10-18(16-19)17-27-14-7-4-8-15-27/h9-11,16,20-21H,4-8,12-15,17H2,1-3H3,(H,25,28)(H,26,29)/t20-,21+/m0/s1. The van der Waals surface area contributed by atoms with Crippen LogP contribution in [0.25, 0.3) is 0 Å². The second-order valence-corrected chi connectivity index (χ2v) is 9.76. The van der Waals surface area contributed by atoms with Crippen molar-refractivity contribution in [1.29, 1.82) is 0 Å². The number of nitrogens with zero attached hydrogens (tertiary/aromatic N) is 1. The van der Waals surface area contributed by atoms with Crippen molar-refractivity contribution in [2.75, 3.05) is 18.4 Å². The van der Waals surface area contributed by atoms with Crippen molar-refractivity contribution < 1.29 is 9.59 Å². The van der Waals surface area contributed by atoms with Crippen LogP contribution in [0.2, 0.25) is 0 Å². The SMILES string of the molecule is CC(C)(C)NC(=O)[C@@H]1CCCC[C@@H]1C(=O)Nc1cccc(CN2CCCCC2)c1. The van der Waals surface area contributed by atoms with Crippen molar-refractivity contribution in [3.05, 3.63) is 29.8 Å². The van der Waals surface area contributed by atoms with Crippen LogP contribution >= 0.6 is 0 Å². The van der Waals surface area contributed by atoms with Crippen molar-refractivity contribution in [2.24, 2.45) is 11.8 Å². The molecule has 1 aromatic rings. The van der Waals surface area contributed by atoms with Crippen LogP contribution in [0.4, 0.5) is 5.69 Å². The Morgan fingerprint density at radius 2 is 1.62 bits per heavy atom. The number of likely N-dealkylation sites (tertiary alicyclic amines) is 1. The summed E-state index contributed by atoms with van der Waals surface area (Å²) in [6.07, 6.45) is 7.46. The lowest BCUT2D eigenvalue weighted by Crippen LogP contribution is -2.48. The summed E-state index contributed by atoms with van der Waals surface area (Å²) in [6, 6.07) is 8.17. The van der Waals surface area contributed by atoms with E-state index in [4.69, 9.17) is 0 Å². The van der Waals surface area contributed by atoms with Crippen LogP contribution in [-0.2, 0) is 16.1 Å². The third-order valence-corrected chi connectivity index (χ3v) is 5.99. The second kappa shape index (κ2) is 9.75. The zero-order chi connectivity index (χ0) is 20.9. The summed E-state index contributed by atoms with van der Waals surface area (Å²) in [5, 5.41) is 6.17. The topological polar surface area (TPSA) is 61.4 Å². The maximum absolute atomic E-state index is 13.0. The van der Waals surface area contributed by atoms with Gasteiger partial charge in [-0.3, -0.25) is 14.5 Å². The highest BCUT2D eigenvalue weighted by Gasteiger charge is 2.36. The van der Waals surface area contributed by atoms with Gasteiger partial charge in [-0.25, -0.2) is 0 Å². The molecule has 2 fully saturated rings. The van der Waals surface area contributed by atoms with Gasteiger partial charge in [0.05, 0.1) is 0 Å². The van der Waals surface area contributed by atoms with Gasteiger partial charge in [-0.2, -0.15) is 0 Å². The number of hydrogen-bond donors (Lipinski definition) is 2. The number of anilines is 1. The lowest BCUT2D eigenvalue weighted by Gasteiger charge is -2.32. The van der Waals surface area contributed by atoms with Crippen LogP contribution in [0, 0.1) is 11.8 Å². The number of amides is 2. The predicted octanol–water partition coefficient (Wildman–Crippen LogP) is 4.33. The molecule has 2 atom stereocenters. The quantitative estimate of drug-likeness (QED) is 0.775. The number of carbonyl (C=O) groups excluding carboxylic acids is 2. The molecule has 1 aromatic carbocycles. The van der Waals surface area contributed by atoms with E-state index in [1.54, 1.807) is 0 Å². The van der Waals surface area contributed by atoms with Crippen LogP contribution < -0.4 is 10.6 Å². The van der Waals surface area contributed by atoms with Gasteiger partial charge < -0.3 is 10.6 Å². The van der Waals surface area contributed by atoms with Crippen LogP contribution in [0.1, 0.15) is 71.3 Å². The van der Waals surface area contributed by atoms with E-state index >= 15 is 0 Å². The van der Waals surface area contributed by atoms with E-state index < -0.39 is 0 Å². The highest BCUT2D eigenvalue weighted by atomic mass is 16.2. The Morgan fingerprint density at radius 3 is 2.28 bits per heavy atom. The molecule has 0 bridgehead atoms. The van der Waals surface area contributed by atoms with E-state index in [0.717, 1.165) is 51.0 Å². The number of hydrogen-bond acceptors (Lipinski definition) is 3. The molecule has 1 saturated carbocycles. The molecule has 29 heavy (non-hydrogen) atoms. The zero-order valence-electron chi connectivity index (χ0n) is 18.3. The van der Waals surface area contributed by atoms with E-state index in [1.165, 1.54) is 24.8 Å². The lowest BCUT2D eigenvalue weighted by atomic mass is 9.77. The Kier molecular flexibility index (Phi) is 7.33. The fourth-order valence-electron chi connectivity index (χ4n) is 4.58. The first-order chi connectivity index (χ1) is 13.8. The number of nitrogens with one attached hydrogen (secondary N) is 2. The molecule has 0 unspecified atom stereocenters. The van der Waals surface area contributed by atoms with Crippen LogP contribution in [0.5, 0.6) is 0 Å². The first-order valence-corrected chi connectivity index (χ1v) is 11.3. The van der Waals surface area contributed by atoms with Gasteiger partial charge in [-0.15, -0.1) is 0 Å². The van der Waals surface area contributed by atoms with E-state index in [1.807, 2.05) is 32.9 Å². The van der Waals surface area contributed by atoms with Gasteiger partial charge in [-0.1, -0.05) is 31.4 Å². The Morgan fingerprint density at radius 1 is 0.966 bits per heavy atom. The highest BCUT2D eigenvalue weighted by molar-refractivity contribution is 5.96. The molecule has 5 heteroatoms. The van der Waals surface area contributed by atoms with Crippen LogP contribution in [0.15, 0.2) is 24.3 Å². The molecule has 0 radical (unpaired) electrons. The number of piperidine rings is 1. The molecular formula is C24H37N3O2. The molecular weight excluding hydrogens is 362 g/mol. The summed E-state index contributed by atoms with van der Waals surface area (Å²) in [5.74, 6) is -0.499. The molecule has 1 aliphatic heterocycles. The van der Waals surface area contributed by atoms with Gasteiger partial charge in [0.1, 0.15) is 0 Å². The number of benzene rings is 1. The third kappa shape index (κ3) is 6.56. The fraction of sp³-hybridized carbons (Fsp3) is 0.667. The average Bonchev–Trinajstić information content (AvgIpc) is 2.68. The predicted molar refractivity (Wildman–Crippen MR) is 118 cm³/mol. The average molecular weight is 400 g/mol. The Bertz CT molecular complexity index is 704. The summed E-state index contributed by atoms with van der Waals surface area (Å²) in [6.45, 7) is 9.19. The summed E-state index contributed by atoms with van der Waals surface area (Å²) in [7, 11) is 0. The normalized spacial score (nSPS) is 23.4. The molecule has 1 heterocycles. The Hall–Kier alpha value is -1.88. The second-order valence-electron chi connectivity index (χ2n) is 9.76. The van der Waals surface area contributed by atoms with Gasteiger partial charge >= 0.3 is 0 Å². The molecule has 0 aromatic heterocycles. The van der Waals surface area contributed by atoms with E-state index in [0.29, 0.717) is 0 Å².